The van der Waals surface area contributed by atoms with E-state index in [0.29, 0.717) is 6.61 Å². The molecule has 1 N–H and O–H groups in total. The number of hydrogen-bond donors (Lipinski definition) is 1. The van der Waals surface area contributed by atoms with Gasteiger partial charge in [0, 0.05) is 5.56 Å². The lowest BCUT2D eigenvalue weighted by molar-refractivity contribution is 0.210. The molecule has 2 heteroatoms. The van der Waals surface area contributed by atoms with Gasteiger partial charge in [-0.05, 0) is 30.0 Å². The molecule has 2 rings (SSSR count). The Balaban J connectivity index is 2.24. The van der Waals surface area contributed by atoms with E-state index in [2.05, 4.69) is 26.0 Å². The number of aliphatic hydroxyl groups is 1. The summed E-state index contributed by atoms with van der Waals surface area (Å²) in [7, 11) is 0. The van der Waals surface area contributed by atoms with E-state index >= 15 is 0 Å². The van der Waals surface area contributed by atoms with E-state index < -0.39 is 6.10 Å². The van der Waals surface area contributed by atoms with Crippen LogP contribution in [0.25, 0.3) is 0 Å². The van der Waals surface area contributed by atoms with Gasteiger partial charge in [-0.25, -0.2) is 0 Å². The first-order valence-corrected chi connectivity index (χ1v) is 7.24. The Morgan fingerprint density at radius 2 is 1.70 bits per heavy atom. The average Bonchev–Trinajstić information content (AvgIpc) is 2.52. The van der Waals surface area contributed by atoms with Gasteiger partial charge in [-0.1, -0.05) is 56.3 Å². The highest BCUT2D eigenvalue weighted by molar-refractivity contribution is 5.40. The van der Waals surface area contributed by atoms with E-state index in [1.165, 1.54) is 5.56 Å². The smallest absolute Gasteiger partial charge is 0.125 e. The molecule has 0 heterocycles. The summed E-state index contributed by atoms with van der Waals surface area (Å²) in [6, 6.07) is 15.8. The molecule has 20 heavy (non-hydrogen) atoms. The summed E-state index contributed by atoms with van der Waals surface area (Å²) in [4.78, 5) is 0. The molecule has 0 amide bonds. The average molecular weight is 270 g/mol. The van der Waals surface area contributed by atoms with Gasteiger partial charge in [0.15, 0.2) is 0 Å². The van der Waals surface area contributed by atoms with Crippen molar-refractivity contribution >= 4 is 0 Å². The summed E-state index contributed by atoms with van der Waals surface area (Å²) >= 11 is 0. The van der Waals surface area contributed by atoms with Crippen molar-refractivity contribution in [3.8, 4) is 5.75 Å². The maximum atomic E-state index is 10.6. The van der Waals surface area contributed by atoms with E-state index in [0.717, 1.165) is 29.7 Å². The van der Waals surface area contributed by atoms with Crippen LogP contribution < -0.4 is 4.74 Å². The lowest BCUT2D eigenvalue weighted by Crippen LogP contribution is -2.04. The summed E-state index contributed by atoms with van der Waals surface area (Å²) in [6.07, 6.45) is 1.32. The largest absolute Gasteiger partial charge is 0.493 e. The highest BCUT2D eigenvalue weighted by Gasteiger charge is 2.15. The second kappa shape index (κ2) is 7.11. The molecule has 0 radical (unpaired) electrons. The van der Waals surface area contributed by atoms with Crippen molar-refractivity contribution in [1.29, 1.82) is 0 Å². The molecule has 2 aromatic carbocycles. The fourth-order valence-corrected chi connectivity index (χ4v) is 2.17. The quantitative estimate of drug-likeness (QED) is 0.855. The first-order valence-electron chi connectivity index (χ1n) is 7.24. The molecule has 1 unspecified atom stereocenters. The Kier molecular flexibility index (Phi) is 5.19. The van der Waals surface area contributed by atoms with Gasteiger partial charge in [0.05, 0.1) is 6.61 Å². The molecule has 0 aromatic heterocycles. The van der Waals surface area contributed by atoms with Gasteiger partial charge in [0.2, 0.25) is 0 Å². The Labute approximate surface area is 121 Å². The van der Waals surface area contributed by atoms with Crippen LogP contribution >= 0.6 is 0 Å². The molecule has 2 aromatic rings. The van der Waals surface area contributed by atoms with Crippen LogP contribution in [0.4, 0.5) is 0 Å². The zero-order chi connectivity index (χ0) is 14.4. The number of benzene rings is 2. The van der Waals surface area contributed by atoms with Gasteiger partial charge in [-0.15, -0.1) is 0 Å². The van der Waals surface area contributed by atoms with Crippen LogP contribution in [-0.2, 0) is 6.42 Å². The maximum absolute atomic E-state index is 10.6. The Bertz CT molecular complexity index is 531. The number of hydrogen-bond acceptors (Lipinski definition) is 2. The van der Waals surface area contributed by atoms with Crippen molar-refractivity contribution < 1.29 is 9.84 Å². The molecule has 0 spiro atoms. The first-order chi connectivity index (χ1) is 9.76. The third-order valence-corrected chi connectivity index (χ3v) is 3.38. The van der Waals surface area contributed by atoms with Crippen molar-refractivity contribution in [2.24, 2.45) is 0 Å². The van der Waals surface area contributed by atoms with Crippen LogP contribution in [0.15, 0.2) is 48.5 Å². The van der Waals surface area contributed by atoms with Crippen LogP contribution in [0.1, 0.15) is 43.1 Å². The van der Waals surface area contributed by atoms with E-state index in [4.69, 9.17) is 4.74 Å². The Morgan fingerprint density at radius 1 is 1.00 bits per heavy atom. The fraction of sp³-hybridized carbons (Fsp3) is 0.333. The Morgan fingerprint density at radius 3 is 2.35 bits per heavy atom. The zero-order valence-corrected chi connectivity index (χ0v) is 12.2. The predicted molar refractivity (Wildman–Crippen MR) is 82.1 cm³/mol. The van der Waals surface area contributed by atoms with E-state index in [1.807, 2.05) is 36.4 Å². The van der Waals surface area contributed by atoms with Gasteiger partial charge in [0.25, 0.3) is 0 Å². The normalized spacial score (nSPS) is 12.2. The third kappa shape index (κ3) is 3.40. The standard InChI is InChI=1S/C18H22O2/c1-3-13-20-17-8-6-5-7-16(17)18(19)15-11-9-14(4-2)10-12-15/h5-12,18-19H,3-4,13H2,1-2H3. The maximum Gasteiger partial charge on any atom is 0.125 e. The molecule has 106 valence electrons. The molecule has 0 bridgehead atoms. The SMILES string of the molecule is CCCOc1ccccc1C(O)c1ccc(CC)cc1. The Hall–Kier alpha value is -1.80. The number of aliphatic hydroxyl groups excluding tert-OH is 1. The van der Waals surface area contributed by atoms with Crippen LogP contribution in [0.2, 0.25) is 0 Å². The number of rotatable bonds is 6. The van der Waals surface area contributed by atoms with Crippen molar-refractivity contribution in [3.63, 3.8) is 0 Å². The molecule has 2 nitrogen and oxygen atoms in total. The molecule has 0 aliphatic rings. The minimum absolute atomic E-state index is 0.644. The van der Waals surface area contributed by atoms with E-state index in [1.54, 1.807) is 0 Å². The molecule has 0 saturated carbocycles. The van der Waals surface area contributed by atoms with Gasteiger partial charge in [-0.2, -0.15) is 0 Å². The number of ether oxygens (including phenoxy) is 1. The van der Waals surface area contributed by atoms with Gasteiger partial charge in [0.1, 0.15) is 11.9 Å². The van der Waals surface area contributed by atoms with E-state index in [-0.39, 0.29) is 0 Å². The number of aryl methyl sites for hydroxylation is 1. The van der Waals surface area contributed by atoms with Gasteiger partial charge < -0.3 is 9.84 Å². The monoisotopic (exact) mass is 270 g/mol. The molecule has 0 fully saturated rings. The van der Waals surface area contributed by atoms with Gasteiger partial charge >= 0.3 is 0 Å². The summed E-state index contributed by atoms with van der Waals surface area (Å²) in [6.45, 7) is 4.86. The molecular formula is C18H22O2. The molecular weight excluding hydrogens is 248 g/mol. The van der Waals surface area contributed by atoms with Crippen LogP contribution in [0, 0.1) is 0 Å². The fourth-order valence-electron chi connectivity index (χ4n) is 2.17. The summed E-state index contributed by atoms with van der Waals surface area (Å²) in [5.74, 6) is 0.765. The predicted octanol–water partition coefficient (Wildman–Crippen LogP) is 4.12. The lowest BCUT2D eigenvalue weighted by atomic mass is 9.99. The zero-order valence-electron chi connectivity index (χ0n) is 12.2. The minimum Gasteiger partial charge on any atom is -0.493 e. The van der Waals surface area contributed by atoms with Crippen molar-refractivity contribution in [2.75, 3.05) is 6.61 Å². The van der Waals surface area contributed by atoms with Crippen LogP contribution in [0.5, 0.6) is 5.75 Å². The summed E-state index contributed by atoms with van der Waals surface area (Å²) < 4.78 is 5.71. The van der Waals surface area contributed by atoms with Crippen molar-refractivity contribution in [3.05, 3.63) is 65.2 Å². The molecule has 0 aliphatic heterocycles. The second-order valence-corrected chi connectivity index (χ2v) is 4.88. The molecule has 1 atom stereocenters. The van der Waals surface area contributed by atoms with Crippen LogP contribution in [-0.4, -0.2) is 11.7 Å². The van der Waals surface area contributed by atoms with Crippen molar-refractivity contribution in [2.45, 2.75) is 32.8 Å². The van der Waals surface area contributed by atoms with Crippen LogP contribution in [0.3, 0.4) is 0 Å². The minimum atomic E-state index is -0.644. The summed E-state index contributed by atoms with van der Waals surface area (Å²) in [5.41, 5.74) is 3.00. The van der Waals surface area contributed by atoms with Gasteiger partial charge in [-0.3, -0.25) is 0 Å². The molecule has 0 saturated heterocycles. The highest BCUT2D eigenvalue weighted by atomic mass is 16.5. The highest BCUT2D eigenvalue weighted by Crippen LogP contribution is 2.30. The van der Waals surface area contributed by atoms with Crippen molar-refractivity contribution in [1.82, 2.24) is 0 Å². The third-order valence-electron chi connectivity index (χ3n) is 3.38. The first kappa shape index (κ1) is 14.6. The second-order valence-electron chi connectivity index (χ2n) is 4.88. The number of para-hydroxylation sites is 1. The van der Waals surface area contributed by atoms with E-state index in [9.17, 15) is 5.11 Å². The topological polar surface area (TPSA) is 29.5 Å². The lowest BCUT2D eigenvalue weighted by Gasteiger charge is -2.16. The molecule has 0 aliphatic carbocycles. The summed E-state index contributed by atoms with van der Waals surface area (Å²) in [5, 5.41) is 10.6.